The smallest absolute Gasteiger partial charge is 0.260 e. The van der Waals surface area contributed by atoms with Crippen LogP contribution in [0.5, 0.6) is 5.75 Å². The van der Waals surface area contributed by atoms with Gasteiger partial charge >= 0.3 is 0 Å². The van der Waals surface area contributed by atoms with Gasteiger partial charge in [-0.2, -0.15) is 0 Å². The summed E-state index contributed by atoms with van der Waals surface area (Å²) < 4.78 is 11.3. The van der Waals surface area contributed by atoms with Crippen molar-refractivity contribution in [2.45, 2.75) is 45.1 Å². The Kier molecular flexibility index (Phi) is 7.32. The molecule has 1 aromatic carbocycles. The Morgan fingerprint density at radius 2 is 2.00 bits per heavy atom. The van der Waals surface area contributed by atoms with Gasteiger partial charge in [0.15, 0.2) is 6.61 Å². The van der Waals surface area contributed by atoms with Crippen LogP contribution >= 0.6 is 0 Å². The molecule has 2 fully saturated rings. The van der Waals surface area contributed by atoms with Gasteiger partial charge in [-0.25, -0.2) is 0 Å². The van der Waals surface area contributed by atoms with Crippen molar-refractivity contribution in [3.63, 3.8) is 0 Å². The highest BCUT2D eigenvalue weighted by molar-refractivity contribution is 5.78. The molecule has 144 valence electrons. The molecule has 2 heterocycles. The Labute approximate surface area is 157 Å². The first kappa shape index (κ1) is 19.2. The molecule has 0 unspecified atom stereocenters. The van der Waals surface area contributed by atoms with Crippen LogP contribution in [0.2, 0.25) is 0 Å². The molecule has 0 radical (unpaired) electrons. The van der Waals surface area contributed by atoms with Gasteiger partial charge in [0.25, 0.3) is 5.91 Å². The van der Waals surface area contributed by atoms with Crippen molar-refractivity contribution in [2.75, 3.05) is 46.0 Å². The Hall–Kier alpha value is -1.59. The highest BCUT2D eigenvalue weighted by Gasteiger charge is 2.26. The van der Waals surface area contributed by atoms with E-state index >= 15 is 0 Å². The minimum atomic E-state index is 0.0930. The maximum atomic E-state index is 12.9. The predicted molar refractivity (Wildman–Crippen MR) is 103 cm³/mol. The van der Waals surface area contributed by atoms with Crippen LogP contribution in [0.4, 0.5) is 0 Å². The van der Waals surface area contributed by atoms with Crippen molar-refractivity contribution in [2.24, 2.45) is 0 Å². The maximum Gasteiger partial charge on any atom is 0.260 e. The fraction of sp³-hybridized carbons (Fsp3) is 0.667. The third-order valence-electron chi connectivity index (χ3n) is 5.41. The number of aryl methyl sites for hydroxylation is 1. The molecular weight excluding hydrogens is 328 g/mol. The van der Waals surface area contributed by atoms with Crippen molar-refractivity contribution < 1.29 is 14.3 Å². The van der Waals surface area contributed by atoms with E-state index in [1.807, 2.05) is 36.1 Å². The van der Waals surface area contributed by atoms with E-state index in [9.17, 15) is 4.79 Å². The third kappa shape index (κ3) is 5.71. The van der Waals surface area contributed by atoms with Gasteiger partial charge in [-0.05, 0) is 63.4 Å². The van der Waals surface area contributed by atoms with Gasteiger partial charge in [-0.3, -0.25) is 4.79 Å². The van der Waals surface area contributed by atoms with Gasteiger partial charge in [-0.15, -0.1) is 0 Å². The SMILES string of the molecule is Cc1cccc(OCC(=O)N(CCN2CCCCC2)C2CCOCC2)c1. The lowest BCUT2D eigenvalue weighted by Crippen LogP contribution is -2.49. The van der Waals surface area contributed by atoms with Crippen LogP contribution < -0.4 is 4.74 Å². The number of benzene rings is 1. The van der Waals surface area contributed by atoms with Crippen molar-refractivity contribution in [3.05, 3.63) is 29.8 Å². The predicted octanol–water partition coefficient (Wildman–Crippen LogP) is 2.87. The van der Waals surface area contributed by atoms with E-state index in [1.165, 1.54) is 19.3 Å². The molecule has 0 aromatic heterocycles. The summed E-state index contributed by atoms with van der Waals surface area (Å²) in [7, 11) is 0. The maximum absolute atomic E-state index is 12.9. The molecule has 0 N–H and O–H groups in total. The molecule has 0 spiro atoms. The van der Waals surface area contributed by atoms with Gasteiger partial charge in [0.05, 0.1) is 0 Å². The van der Waals surface area contributed by atoms with Crippen LogP contribution in [0.1, 0.15) is 37.7 Å². The summed E-state index contributed by atoms with van der Waals surface area (Å²) in [6.07, 6.45) is 5.75. The number of carbonyl (C=O) groups is 1. The number of piperidine rings is 1. The van der Waals surface area contributed by atoms with Gasteiger partial charge in [0, 0.05) is 32.3 Å². The van der Waals surface area contributed by atoms with Crippen LogP contribution in [0, 0.1) is 6.92 Å². The van der Waals surface area contributed by atoms with Crippen LogP contribution in [0.15, 0.2) is 24.3 Å². The first-order chi connectivity index (χ1) is 12.7. The van der Waals surface area contributed by atoms with E-state index in [4.69, 9.17) is 9.47 Å². The number of likely N-dealkylation sites (tertiary alicyclic amines) is 1. The minimum Gasteiger partial charge on any atom is -0.484 e. The Morgan fingerprint density at radius 1 is 1.23 bits per heavy atom. The Balaban J connectivity index is 1.56. The number of ether oxygens (including phenoxy) is 2. The lowest BCUT2D eigenvalue weighted by Gasteiger charge is -2.36. The summed E-state index contributed by atoms with van der Waals surface area (Å²) in [5, 5.41) is 0. The van der Waals surface area contributed by atoms with Gasteiger partial charge in [0.1, 0.15) is 5.75 Å². The van der Waals surface area contributed by atoms with Gasteiger partial charge < -0.3 is 19.3 Å². The number of amides is 1. The number of rotatable bonds is 7. The molecular formula is C21H32N2O3. The average molecular weight is 360 g/mol. The fourth-order valence-electron chi connectivity index (χ4n) is 3.87. The lowest BCUT2D eigenvalue weighted by atomic mass is 10.1. The number of nitrogens with zero attached hydrogens (tertiary/aromatic N) is 2. The van der Waals surface area contributed by atoms with Gasteiger partial charge in [-0.1, -0.05) is 18.6 Å². The molecule has 5 nitrogen and oxygen atoms in total. The van der Waals surface area contributed by atoms with Crippen LogP contribution in [0.25, 0.3) is 0 Å². The number of hydrogen-bond donors (Lipinski definition) is 0. The van der Waals surface area contributed by atoms with E-state index < -0.39 is 0 Å². The average Bonchev–Trinajstić information content (AvgIpc) is 2.68. The summed E-state index contributed by atoms with van der Waals surface area (Å²) in [6.45, 7) is 7.72. The van der Waals surface area contributed by atoms with E-state index in [2.05, 4.69) is 4.90 Å². The second-order valence-electron chi connectivity index (χ2n) is 7.44. The summed E-state index contributed by atoms with van der Waals surface area (Å²) in [5.41, 5.74) is 1.14. The summed E-state index contributed by atoms with van der Waals surface area (Å²) in [6, 6.07) is 8.15. The molecule has 0 aliphatic carbocycles. The fourth-order valence-corrected chi connectivity index (χ4v) is 3.87. The zero-order valence-electron chi connectivity index (χ0n) is 16.0. The molecule has 2 aliphatic heterocycles. The van der Waals surface area contributed by atoms with Crippen molar-refractivity contribution in [3.8, 4) is 5.75 Å². The third-order valence-corrected chi connectivity index (χ3v) is 5.41. The van der Waals surface area contributed by atoms with Crippen molar-refractivity contribution >= 4 is 5.91 Å². The normalized spacial score (nSPS) is 19.3. The minimum absolute atomic E-state index is 0.0930. The van der Waals surface area contributed by atoms with Crippen molar-refractivity contribution in [1.82, 2.24) is 9.80 Å². The highest BCUT2D eigenvalue weighted by Crippen LogP contribution is 2.17. The number of carbonyl (C=O) groups excluding carboxylic acids is 1. The van der Waals surface area contributed by atoms with E-state index in [0.29, 0.717) is 0 Å². The second kappa shape index (κ2) is 9.93. The standard InChI is InChI=1S/C21H32N2O3/c1-18-6-5-7-20(16-18)26-17-21(24)23(19-8-14-25-15-9-19)13-12-22-10-3-2-4-11-22/h5-7,16,19H,2-4,8-15,17H2,1H3. The van der Waals surface area contributed by atoms with Crippen molar-refractivity contribution in [1.29, 1.82) is 0 Å². The number of hydrogen-bond acceptors (Lipinski definition) is 4. The molecule has 0 saturated carbocycles. The first-order valence-electron chi connectivity index (χ1n) is 10.0. The van der Waals surface area contributed by atoms with Gasteiger partial charge in [0.2, 0.25) is 0 Å². The summed E-state index contributed by atoms with van der Waals surface area (Å²) in [4.78, 5) is 17.5. The largest absolute Gasteiger partial charge is 0.484 e. The molecule has 3 rings (SSSR count). The molecule has 0 atom stereocenters. The summed E-state index contributed by atoms with van der Waals surface area (Å²) >= 11 is 0. The first-order valence-corrected chi connectivity index (χ1v) is 10.0. The molecule has 5 heteroatoms. The second-order valence-corrected chi connectivity index (χ2v) is 7.44. The Morgan fingerprint density at radius 3 is 2.73 bits per heavy atom. The molecule has 1 aromatic rings. The van der Waals surface area contributed by atoms with E-state index in [1.54, 1.807) is 0 Å². The van der Waals surface area contributed by atoms with E-state index in [0.717, 1.165) is 63.5 Å². The summed E-state index contributed by atoms with van der Waals surface area (Å²) in [5.74, 6) is 0.858. The van der Waals surface area contributed by atoms with Crippen LogP contribution in [-0.4, -0.2) is 67.7 Å². The van der Waals surface area contributed by atoms with Crippen LogP contribution in [-0.2, 0) is 9.53 Å². The molecule has 26 heavy (non-hydrogen) atoms. The molecule has 0 bridgehead atoms. The lowest BCUT2D eigenvalue weighted by molar-refractivity contribution is -0.138. The molecule has 2 aliphatic rings. The highest BCUT2D eigenvalue weighted by atomic mass is 16.5. The van der Waals surface area contributed by atoms with Crippen LogP contribution in [0.3, 0.4) is 0 Å². The molecule has 2 saturated heterocycles. The van der Waals surface area contributed by atoms with E-state index in [-0.39, 0.29) is 18.6 Å². The molecule has 1 amide bonds. The topological polar surface area (TPSA) is 42.0 Å². The Bertz CT molecular complexity index is 566. The quantitative estimate of drug-likeness (QED) is 0.750. The monoisotopic (exact) mass is 360 g/mol. The zero-order chi connectivity index (χ0) is 18.2. The zero-order valence-corrected chi connectivity index (χ0v) is 16.0.